The molecule has 0 aliphatic heterocycles. The summed E-state index contributed by atoms with van der Waals surface area (Å²) in [6.45, 7) is 10.1. The summed E-state index contributed by atoms with van der Waals surface area (Å²) in [4.78, 5) is 0. The average Bonchev–Trinajstić information content (AvgIpc) is 2.21. The number of hydrogen-bond donors (Lipinski definition) is 1. The van der Waals surface area contributed by atoms with Gasteiger partial charge in [-0.05, 0) is 44.5 Å². The Morgan fingerprint density at radius 3 is 2.73 bits per heavy atom. The summed E-state index contributed by atoms with van der Waals surface area (Å²) in [5.74, 6) is 1.000. The molecular weight excluding hydrogens is 186 g/mol. The van der Waals surface area contributed by atoms with Crippen LogP contribution in [0.25, 0.3) is 0 Å². The van der Waals surface area contributed by atoms with Crippen LogP contribution in [0, 0.1) is 13.8 Å². The van der Waals surface area contributed by atoms with E-state index >= 15 is 0 Å². The zero-order valence-electron chi connectivity index (χ0n) is 10.1. The maximum Gasteiger partial charge on any atom is 0.122 e. The molecule has 84 valence electrons. The fraction of sp³-hybridized carbons (Fsp3) is 0.538. The Balaban J connectivity index is 2.54. The first-order chi connectivity index (χ1) is 7.15. The molecular formula is C13H21NO. The zero-order valence-corrected chi connectivity index (χ0v) is 10.1. The number of hydrogen-bond acceptors (Lipinski definition) is 2. The molecule has 0 aliphatic carbocycles. The van der Waals surface area contributed by atoms with Gasteiger partial charge in [0.15, 0.2) is 0 Å². The number of benzene rings is 1. The highest BCUT2D eigenvalue weighted by Crippen LogP contribution is 2.20. The van der Waals surface area contributed by atoms with Crippen LogP contribution in [0.1, 0.15) is 25.0 Å². The monoisotopic (exact) mass is 207 g/mol. The van der Waals surface area contributed by atoms with Gasteiger partial charge in [-0.1, -0.05) is 19.1 Å². The molecule has 1 N–H and O–H groups in total. The molecule has 0 spiro atoms. The first-order valence-electron chi connectivity index (χ1n) is 5.57. The third kappa shape index (κ3) is 3.56. The maximum atomic E-state index is 5.77. The lowest BCUT2D eigenvalue weighted by Crippen LogP contribution is -2.31. The third-order valence-electron chi connectivity index (χ3n) is 2.60. The van der Waals surface area contributed by atoms with Gasteiger partial charge in [0.25, 0.3) is 0 Å². The Kier molecular flexibility index (Phi) is 4.63. The standard InChI is InChI=1S/C13H21NO/c1-5-14-11(3)9-15-13-8-6-7-10(2)12(13)4/h6-8,11,14H,5,9H2,1-4H3. The van der Waals surface area contributed by atoms with Crippen molar-refractivity contribution in [3.8, 4) is 5.75 Å². The van der Waals surface area contributed by atoms with E-state index in [1.54, 1.807) is 0 Å². The van der Waals surface area contributed by atoms with Gasteiger partial charge in [0.05, 0.1) is 0 Å². The second kappa shape index (κ2) is 5.76. The van der Waals surface area contributed by atoms with Gasteiger partial charge in [0, 0.05) is 6.04 Å². The summed E-state index contributed by atoms with van der Waals surface area (Å²) in [6.07, 6.45) is 0. The first kappa shape index (κ1) is 12.1. The third-order valence-corrected chi connectivity index (χ3v) is 2.60. The van der Waals surface area contributed by atoms with Crippen LogP contribution in [0.5, 0.6) is 5.75 Å². The predicted octanol–water partition coefficient (Wildman–Crippen LogP) is 2.68. The first-order valence-corrected chi connectivity index (χ1v) is 5.57. The highest BCUT2D eigenvalue weighted by Gasteiger charge is 2.04. The van der Waals surface area contributed by atoms with Crippen molar-refractivity contribution in [2.24, 2.45) is 0 Å². The van der Waals surface area contributed by atoms with E-state index in [-0.39, 0.29) is 0 Å². The molecule has 1 aromatic carbocycles. The molecule has 1 rings (SSSR count). The van der Waals surface area contributed by atoms with Gasteiger partial charge < -0.3 is 10.1 Å². The predicted molar refractivity (Wildman–Crippen MR) is 64.5 cm³/mol. The number of nitrogens with one attached hydrogen (secondary N) is 1. The van der Waals surface area contributed by atoms with E-state index in [1.807, 2.05) is 12.1 Å². The molecule has 2 nitrogen and oxygen atoms in total. The number of ether oxygens (including phenoxy) is 1. The van der Waals surface area contributed by atoms with Crippen LogP contribution in [0.15, 0.2) is 18.2 Å². The molecule has 0 fully saturated rings. The lowest BCUT2D eigenvalue weighted by Gasteiger charge is -2.15. The normalized spacial score (nSPS) is 12.5. The Bertz CT molecular complexity index is 309. The lowest BCUT2D eigenvalue weighted by molar-refractivity contribution is 0.273. The summed E-state index contributed by atoms with van der Waals surface area (Å²) >= 11 is 0. The largest absolute Gasteiger partial charge is 0.492 e. The highest BCUT2D eigenvalue weighted by molar-refractivity contribution is 5.38. The topological polar surface area (TPSA) is 21.3 Å². The zero-order chi connectivity index (χ0) is 11.3. The molecule has 0 saturated carbocycles. The minimum Gasteiger partial charge on any atom is -0.492 e. The Morgan fingerprint density at radius 1 is 1.33 bits per heavy atom. The molecule has 0 heterocycles. The van der Waals surface area contributed by atoms with Gasteiger partial charge in [-0.15, -0.1) is 0 Å². The van der Waals surface area contributed by atoms with E-state index in [1.165, 1.54) is 11.1 Å². The van der Waals surface area contributed by atoms with E-state index in [0.29, 0.717) is 6.04 Å². The fourth-order valence-electron chi connectivity index (χ4n) is 1.50. The van der Waals surface area contributed by atoms with Crippen LogP contribution < -0.4 is 10.1 Å². The Labute approximate surface area is 92.6 Å². The van der Waals surface area contributed by atoms with Crippen LogP contribution in [-0.2, 0) is 0 Å². The van der Waals surface area contributed by atoms with Crippen molar-refractivity contribution in [1.82, 2.24) is 5.32 Å². The average molecular weight is 207 g/mol. The van der Waals surface area contributed by atoms with E-state index in [0.717, 1.165) is 18.9 Å². The molecule has 15 heavy (non-hydrogen) atoms. The highest BCUT2D eigenvalue weighted by atomic mass is 16.5. The number of likely N-dealkylation sites (N-methyl/N-ethyl adjacent to an activating group) is 1. The minimum absolute atomic E-state index is 0.398. The van der Waals surface area contributed by atoms with Gasteiger partial charge in [-0.3, -0.25) is 0 Å². The van der Waals surface area contributed by atoms with Gasteiger partial charge >= 0.3 is 0 Å². The van der Waals surface area contributed by atoms with Crippen LogP contribution in [0.3, 0.4) is 0 Å². The lowest BCUT2D eigenvalue weighted by atomic mass is 10.1. The van der Waals surface area contributed by atoms with Gasteiger partial charge in [-0.2, -0.15) is 0 Å². The van der Waals surface area contributed by atoms with Crippen LogP contribution in [0.2, 0.25) is 0 Å². The van der Waals surface area contributed by atoms with Gasteiger partial charge in [-0.25, -0.2) is 0 Å². The molecule has 0 aliphatic rings. The summed E-state index contributed by atoms with van der Waals surface area (Å²) in [5.41, 5.74) is 2.52. The molecule has 0 saturated heterocycles. The molecule has 1 aromatic rings. The van der Waals surface area contributed by atoms with E-state index in [4.69, 9.17) is 4.74 Å². The second-order valence-corrected chi connectivity index (χ2v) is 3.97. The van der Waals surface area contributed by atoms with Crippen molar-refractivity contribution in [3.63, 3.8) is 0 Å². The molecule has 0 amide bonds. The molecule has 1 atom stereocenters. The van der Waals surface area contributed by atoms with Gasteiger partial charge in [0.2, 0.25) is 0 Å². The SMILES string of the molecule is CCNC(C)COc1cccc(C)c1C. The van der Waals surface area contributed by atoms with E-state index in [2.05, 4.69) is 39.1 Å². The minimum atomic E-state index is 0.398. The van der Waals surface area contributed by atoms with Crippen molar-refractivity contribution in [3.05, 3.63) is 29.3 Å². The Morgan fingerprint density at radius 2 is 2.07 bits per heavy atom. The number of rotatable bonds is 5. The molecule has 1 unspecified atom stereocenters. The van der Waals surface area contributed by atoms with E-state index < -0.39 is 0 Å². The van der Waals surface area contributed by atoms with Crippen LogP contribution >= 0.6 is 0 Å². The smallest absolute Gasteiger partial charge is 0.122 e. The summed E-state index contributed by atoms with van der Waals surface area (Å²) < 4.78 is 5.77. The van der Waals surface area contributed by atoms with Crippen molar-refractivity contribution in [2.75, 3.05) is 13.2 Å². The number of aryl methyl sites for hydroxylation is 1. The van der Waals surface area contributed by atoms with Crippen molar-refractivity contribution >= 4 is 0 Å². The molecule has 0 bridgehead atoms. The molecule has 2 heteroatoms. The van der Waals surface area contributed by atoms with E-state index in [9.17, 15) is 0 Å². The summed E-state index contributed by atoms with van der Waals surface area (Å²) in [7, 11) is 0. The quantitative estimate of drug-likeness (QED) is 0.801. The molecule has 0 radical (unpaired) electrons. The second-order valence-electron chi connectivity index (χ2n) is 3.97. The summed E-state index contributed by atoms with van der Waals surface area (Å²) in [5, 5.41) is 3.32. The van der Waals surface area contributed by atoms with Gasteiger partial charge in [0.1, 0.15) is 12.4 Å². The van der Waals surface area contributed by atoms with Crippen molar-refractivity contribution in [2.45, 2.75) is 33.7 Å². The van der Waals surface area contributed by atoms with Crippen LogP contribution in [-0.4, -0.2) is 19.2 Å². The Hall–Kier alpha value is -1.02. The van der Waals surface area contributed by atoms with Crippen LogP contribution in [0.4, 0.5) is 0 Å². The maximum absolute atomic E-state index is 5.77. The van der Waals surface area contributed by atoms with Crippen molar-refractivity contribution < 1.29 is 4.74 Å². The molecule has 0 aromatic heterocycles. The van der Waals surface area contributed by atoms with Crippen molar-refractivity contribution in [1.29, 1.82) is 0 Å². The summed E-state index contributed by atoms with van der Waals surface area (Å²) in [6, 6.07) is 6.57. The fourth-order valence-corrected chi connectivity index (χ4v) is 1.50.